The number of benzene rings is 2. The molecule has 216 valence electrons. The van der Waals surface area contributed by atoms with Crippen LogP contribution in [0.4, 0.5) is 0 Å². The second-order valence-electron chi connectivity index (χ2n) is 8.69. The van der Waals surface area contributed by atoms with E-state index in [0.29, 0.717) is 42.3 Å². The van der Waals surface area contributed by atoms with Crippen LogP contribution >= 0.6 is 27.3 Å². The second-order valence-corrected chi connectivity index (χ2v) is 10.6. The average Bonchev–Trinajstić information content (AvgIpc) is 3.26. The summed E-state index contributed by atoms with van der Waals surface area (Å²) in [4.78, 5) is 43.7. The summed E-state index contributed by atoms with van der Waals surface area (Å²) >= 11 is 4.81. The van der Waals surface area contributed by atoms with Gasteiger partial charge in [0.05, 0.1) is 49.3 Å². The van der Waals surface area contributed by atoms with Gasteiger partial charge >= 0.3 is 11.9 Å². The van der Waals surface area contributed by atoms with Gasteiger partial charge in [-0.05, 0) is 62.2 Å². The van der Waals surface area contributed by atoms with Gasteiger partial charge in [0.25, 0.3) is 5.56 Å². The Morgan fingerprint density at radius 2 is 1.71 bits per heavy atom. The van der Waals surface area contributed by atoms with Crippen molar-refractivity contribution in [1.82, 2.24) is 4.57 Å². The maximum Gasteiger partial charge on any atom is 0.344 e. The highest BCUT2D eigenvalue weighted by Gasteiger charge is 2.35. The van der Waals surface area contributed by atoms with Crippen LogP contribution in [0.25, 0.3) is 6.08 Å². The zero-order valence-corrected chi connectivity index (χ0v) is 25.6. The maximum atomic E-state index is 13.9. The lowest BCUT2D eigenvalue weighted by atomic mass is 9.95. The Bertz CT molecular complexity index is 1670. The Labute approximate surface area is 248 Å². The van der Waals surface area contributed by atoms with Gasteiger partial charge in [0.1, 0.15) is 5.75 Å². The molecular weight excluding hydrogens is 616 g/mol. The Balaban J connectivity index is 1.81. The molecule has 0 saturated carbocycles. The van der Waals surface area contributed by atoms with Crippen LogP contribution in [0.2, 0.25) is 0 Å². The molecule has 0 unspecified atom stereocenters. The minimum Gasteiger partial charge on any atom is -0.493 e. The molecule has 0 radical (unpaired) electrons. The number of carbonyl (C=O) groups is 2. The highest BCUT2D eigenvalue weighted by molar-refractivity contribution is 9.10. The normalized spacial score (nSPS) is 14.7. The molecule has 0 fully saturated rings. The lowest BCUT2D eigenvalue weighted by Gasteiger charge is -2.26. The molecule has 3 aromatic rings. The fraction of sp³-hybridized carbons (Fsp3) is 0.310. The fourth-order valence-electron chi connectivity index (χ4n) is 4.32. The predicted octanol–water partition coefficient (Wildman–Crippen LogP) is 3.52. The van der Waals surface area contributed by atoms with Crippen molar-refractivity contribution < 1.29 is 33.3 Å². The van der Waals surface area contributed by atoms with Gasteiger partial charge in [-0.2, -0.15) is 0 Å². The van der Waals surface area contributed by atoms with E-state index >= 15 is 0 Å². The van der Waals surface area contributed by atoms with E-state index in [-0.39, 0.29) is 31.0 Å². The van der Waals surface area contributed by atoms with Crippen LogP contribution in [-0.4, -0.2) is 50.5 Å². The number of allylic oxidation sites excluding steroid dienone is 1. The molecule has 12 heteroatoms. The number of nitrogens with zero attached hydrogens (tertiary/aromatic N) is 2. The van der Waals surface area contributed by atoms with E-state index in [4.69, 9.17) is 23.7 Å². The lowest BCUT2D eigenvalue weighted by molar-refractivity contribution is -0.145. The first-order valence-corrected chi connectivity index (χ1v) is 14.3. The van der Waals surface area contributed by atoms with Crippen molar-refractivity contribution in [3.05, 3.63) is 83.0 Å². The summed E-state index contributed by atoms with van der Waals surface area (Å²) < 4.78 is 29.2. The first-order chi connectivity index (χ1) is 19.7. The number of hydrogen-bond acceptors (Lipinski definition) is 10. The highest BCUT2D eigenvalue weighted by Crippen LogP contribution is 2.40. The molecule has 41 heavy (non-hydrogen) atoms. The van der Waals surface area contributed by atoms with Crippen molar-refractivity contribution in [2.45, 2.75) is 26.8 Å². The van der Waals surface area contributed by atoms with E-state index in [0.717, 1.165) is 5.56 Å². The standard InChI is InChI=1S/C29H29BrN2O8S/c1-6-38-24(33)15-40-18-10-8-17(9-11-18)12-23-27(34)32-26(19-13-21(36-4)22(37-5)14-20(19)30)25(28(35)39-7-2)16(3)31-29(32)41-23/h8-14,26H,6-7,15H2,1-5H3/b23-12-/t26-/m0/s1. The fourth-order valence-corrected chi connectivity index (χ4v) is 5.91. The smallest absolute Gasteiger partial charge is 0.344 e. The van der Waals surface area contributed by atoms with Crippen molar-refractivity contribution in [3.8, 4) is 17.2 Å². The van der Waals surface area contributed by atoms with E-state index < -0.39 is 18.0 Å². The van der Waals surface area contributed by atoms with Crippen molar-refractivity contribution in [1.29, 1.82) is 0 Å². The molecule has 0 amide bonds. The van der Waals surface area contributed by atoms with E-state index in [1.54, 1.807) is 63.2 Å². The van der Waals surface area contributed by atoms with Crippen LogP contribution in [0.15, 0.2) is 61.9 Å². The zero-order valence-electron chi connectivity index (χ0n) is 23.2. The number of carbonyl (C=O) groups excluding carboxylic acids is 2. The summed E-state index contributed by atoms with van der Waals surface area (Å²) in [6.07, 6.45) is 1.74. The molecular formula is C29H29BrN2O8S. The number of rotatable bonds is 10. The van der Waals surface area contributed by atoms with Crippen molar-refractivity contribution >= 4 is 45.3 Å². The Hall–Kier alpha value is -3.90. The minimum atomic E-state index is -0.833. The van der Waals surface area contributed by atoms with Crippen molar-refractivity contribution in [3.63, 3.8) is 0 Å². The molecule has 2 aromatic carbocycles. The first kappa shape index (κ1) is 30.1. The van der Waals surface area contributed by atoms with Crippen LogP contribution in [0.1, 0.15) is 37.9 Å². The molecule has 4 rings (SSSR count). The summed E-state index contributed by atoms with van der Waals surface area (Å²) in [7, 11) is 3.04. The number of fused-ring (bicyclic) bond motifs is 1. The molecule has 2 heterocycles. The SMILES string of the molecule is CCOC(=O)COc1ccc(/C=c2\sc3n(c2=O)[C@@H](c2cc(OC)c(OC)cc2Br)C(C(=O)OCC)=C(C)N=3)cc1. The zero-order chi connectivity index (χ0) is 29.7. The number of hydrogen-bond donors (Lipinski definition) is 0. The monoisotopic (exact) mass is 644 g/mol. The van der Waals surface area contributed by atoms with Crippen molar-refractivity contribution in [2.24, 2.45) is 4.99 Å². The molecule has 0 bridgehead atoms. The first-order valence-electron chi connectivity index (χ1n) is 12.7. The molecule has 0 saturated heterocycles. The molecule has 0 N–H and O–H groups in total. The van der Waals surface area contributed by atoms with Crippen LogP contribution in [0.5, 0.6) is 17.2 Å². The number of ether oxygens (including phenoxy) is 5. The average molecular weight is 646 g/mol. The van der Waals surface area contributed by atoms with Gasteiger partial charge in [-0.1, -0.05) is 39.4 Å². The molecule has 1 aliphatic heterocycles. The second kappa shape index (κ2) is 13.2. The topological polar surface area (TPSA) is 115 Å². The van der Waals surface area contributed by atoms with Gasteiger partial charge in [-0.15, -0.1) is 0 Å². The summed E-state index contributed by atoms with van der Waals surface area (Å²) in [5, 5.41) is 0. The molecule has 10 nitrogen and oxygen atoms in total. The number of methoxy groups -OCH3 is 2. The third-order valence-corrected chi connectivity index (χ3v) is 7.82. The molecule has 1 atom stereocenters. The summed E-state index contributed by atoms with van der Waals surface area (Å²) in [6, 6.07) is 9.59. The number of halogens is 1. The van der Waals surface area contributed by atoms with Gasteiger partial charge in [0, 0.05) is 4.47 Å². The van der Waals surface area contributed by atoms with E-state index in [2.05, 4.69) is 20.9 Å². The third kappa shape index (κ3) is 6.38. The van der Waals surface area contributed by atoms with Crippen LogP contribution in [-0.2, 0) is 19.1 Å². The molecule has 0 aliphatic carbocycles. The van der Waals surface area contributed by atoms with Crippen LogP contribution in [0.3, 0.4) is 0 Å². The number of esters is 2. The van der Waals surface area contributed by atoms with Gasteiger partial charge in [0.15, 0.2) is 22.9 Å². The molecule has 1 aliphatic rings. The quantitative estimate of drug-likeness (QED) is 0.308. The third-order valence-electron chi connectivity index (χ3n) is 6.15. The van der Waals surface area contributed by atoms with Crippen molar-refractivity contribution in [2.75, 3.05) is 34.0 Å². The van der Waals surface area contributed by atoms with Gasteiger partial charge in [0.2, 0.25) is 0 Å². The van der Waals surface area contributed by atoms with Gasteiger partial charge < -0.3 is 23.7 Å². The maximum absolute atomic E-state index is 13.9. The largest absolute Gasteiger partial charge is 0.493 e. The van der Waals surface area contributed by atoms with Gasteiger partial charge in [-0.3, -0.25) is 9.36 Å². The van der Waals surface area contributed by atoms with Gasteiger partial charge in [-0.25, -0.2) is 14.6 Å². The van der Waals surface area contributed by atoms with Crippen LogP contribution in [0, 0.1) is 0 Å². The van der Waals surface area contributed by atoms with E-state index in [1.807, 2.05) is 0 Å². The summed E-state index contributed by atoms with van der Waals surface area (Å²) in [5.41, 5.74) is 1.73. The Morgan fingerprint density at radius 1 is 1.05 bits per heavy atom. The van der Waals surface area contributed by atoms with Crippen LogP contribution < -0.4 is 29.1 Å². The minimum absolute atomic E-state index is 0.166. The summed E-state index contributed by atoms with van der Waals surface area (Å²) in [6.45, 7) is 5.42. The van der Waals surface area contributed by atoms with E-state index in [9.17, 15) is 14.4 Å². The number of thiazole rings is 1. The van der Waals surface area contributed by atoms with E-state index in [1.165, 1.54) is 30.1 Å². The number of aromatic nitrogens is 1. The Kier molecular flexibility index (Phi) is 9.66. The predicted molar refractivity (Wildman–Crippen MR) is 156 cm³/mol. The molecule has 0 spiro atoms. The highest BCUT2D eigenvalue weighted by atomic mass is 79.9. The Morgan fingerprint density at radius 3 is 2.34 bits per heavy atom. The molecule has 1 aromatic heterocycles. The summed E-state index contributed by atoms with van der Waals surface area (Å²) in [5.74, 6) is 0.406. The lowest BCUT2D eigenvalue weighted by Crippen LogP contribution is -2.40.